The second-order valence-electron chi connectivity index (χ2n) is 12.4. The predicted octanol–water partition coefficient (Wildman–Crippen LogP) is 3.54. The minimum Gasteiger partial charge on any atom is -0.487 e. The molecule has 0 bridgehead atoms. The molecule has 0 unspecified atom stereocenters. The molecule has 20 heteroatoms. The van der Waals surface area contributed by atoms with Crippen LogP contribution in [0.3, 0.4) is 0 Å². The minimum absolute atomic E-state index is 0.0558. The average Bonchev–Trinajstić information content (AvgIpc) is 3.23. The van der Waals surface area contributed by atoms with Crippen LogP contribution < -0.4 is 9.47 Å². The van der Waals surface area contributed by atoms with Crippen LogP contribution in [0.2, 0.25) is 0 Å². The van der Waals surface area contributed by atoms with Gasteiger partial charge in [-0.05, 0) is 50.2 Å². The summed E-state index contributed by atoms with van der Waals surface area (Å²) in [6.45, 7) is 5.96. The smallest absolute Gasteiger partial charge is 0.338 e. The van der Waals surface area contributed by atoms with E-state index in [9.17, 15) is 26.4 Å². The monoisotopic (exact) mass is 886 g/mol. The number of ether oxygens (including phenoxy) is 10. The molecule has 0 atom stereocenters. The lowest BCUT2D eigenvalue weighted by molar-refractivity contribution is 0.00396. The average molecular weight is 887 g/mol. The molecule has 0 saturated heterocycles. The van der Waals surface area contributed by atoms with Crippen molar-refractivity contribution in [2.75, 3.05) is 120 Å². The van der Waals surface area contributed by atoms with E-state index in [-0.39, 0.29) is 138 Å². The maximum atomic E-state index is 12.5. The Labute approximate surface area is 351 Å². The van der Waals surface area contributed by atoms with Crippen molar-refractivity contribution in [3.63, 3.8) is 0 Å². The molecule has 3 aromatic rings. The maximum Gasteiger partial charge on any atom is 0.338 e. The van der Waals surface area contributed by atoms with E-state index < -0.39 is 32.2 Å². The normalized spacial score (nSPS) is 11.7. The number of benzene rings is 3. The van der Waals surface area contributed by atoms with Crippen molar-refractivity contribution in [2.45, 2.75) is 23.6 Å². The van der Waals surface area contributed by atoms with Crippen LogP contribution in [0, 0.1) is 13.8 Å². The molecule has 3 aromatic carbocycles. The van der Waals surface area contributed by atoms with Gasteiger partial charge in [-0.25, -0.2) is 9.59 Å². The number of methoxy groups -OCH3 is 2. The van der Waals surface area contributed by atoms with Crippen LogP contribution >= 0.6 is 0 Å². The van der Waals surface area contributed by atoms with Crippen molar-refractivity contribution >= 4 is 32.2 Å². The Morgan fingerprint density at radius 3 is 0.967 bits per heavy atom. The summed E-state index contributed by atoms with van der Waals surface area (Å²) in [7, 11) is -5.35. The van der Waals surface area contributed by atoms with E-state index in [4.69, 9.17) is 55.7 Å². The number of hydrogen-bond donors (Lipinski definition) is 0. The van der Waals surface area contributed by atoms with E-state index >= 15 is 0 Å². The first-order chi connectivity index (χ1) is 28.9. The highest BCUT2D eigenvalue weighted by Crippen LogP contribution is 2.32. The summed E-state index contributed by atoms with van der Waals surface area (Å²) in [5, 5.41) is 0. The highest BCUT2D eigenvalue weighted by atomic mass is 32.2. The third-order valence-electron chi connectivity index (χ3n) is 7.90. The van der Waals surface area contributed by atoms with Crippen LogP contribution in [-0.2, 0) is 66.5 Å². The molecule has 0 aliphatic heterocycles. The van der Waals surface area contributed by atoms with Gasteiger partial charge >= 0.3 is 11.9 Å². The topological polar surface area (TPSA) is 213 Å². The zero-order valence-corrected chi connectivity index (χ0v) is 35.9. The van der Waals surface area contributed by atoms with Crippen molar-refractivity contribution in [3.05, 3.63) is 82.9 Å². The molecule has 0 amide bonds. The highest BCUT2D eigenvalue weighted by Gasteiger charge is 2.23. The molecule has 0 N–H and O–H groups in total. The van der Waals surface area contributed by atoms with Gasteiger partial charge in [0.05, 0.1) is 128 Å². The quantitative estimate of drug-likeness (QED) is 0.0498. The van der Waals surface area contributed by atoms with Gasteiger partial charge in [-0.2, -0.15) is 16.8 Å². The molecule has 18 nitrogen and oxygen atoms in total. The molecule has 0 spiro atoms. The van der Waals surface area contributed by atoms with E-state index in [1.165, 1.54) is 50.6 Å². The van der Waals surface area contributed by atoms with E-state index in [1.54, 1.807) is 24.3 Å². The van der Waals surface area contributed by atoms with Crippen LogP contribution in [0.15, 0.2) is 70.5 Å². The molecule has 0 heterocycles. The minimum atomic E-state index is -3.85. The lowest BCUT2D eigenvalue weighted by Gasteiger charge is -2.16. The summed E-state index contributed by atoms with van der Waals surface area (Å²) in [5.74, 6) is -1.26. The molecule has 334 valence electrons. The third-order valence-corrected chi connectivity index (χ3v) is 10.6. The largest absolute Gasteiger partial charge is 0.487 e. The number of carbonyl (C=O) groups is 2. The Morgan fingerprint density at radius 2 is 0.683 bits per heavy atom. The number of hydrogen-bond acceptors (Lipinski definition) is 18. The fraction of sp³-hybridized carbons (Fsp3) is 0.500. The van der Waals surface area contributed by atoms with E-state index in [0.717, 1.165) is 11.1 Å². The zero-order chi connectivity index (χ0) is 43.6. The van der Waals surface area contributed by atoms with Gasteiger partial charge in [-0.3, -0.25) is 8.37 Å². The van der Waals surface area contributed by atoms with Crippen molar-refractivity contribution in [2.24, 2.45) is 0 Å². The SMILES string of the molecule is COC(=O)c1cc(OCCOCCOCCOCCOS(=O)(=O)c2ccc(C)cc2)c(OCCOCCOCCOCCOS(=O)(=O)c2ccc(C)cc2)cc1C(=O)OC. The number of carbonyl (C=O) groups excluding carboxylic acids is 2. The molecular formula is C40H54O18S2. The van der Waals surface area contributed by atoms with Crippen LogP contribution in [0.25, 0.3) is 0 Å². The third kappa shape index (κ3) is 18.6. The van der Waals surface area contributed by atoms with Crippen LogP contribution in [-0.4, -0.2) is 149 Å². The standard InChI is InChI=1S/C40H54O18S2/c1-31-5-9-33(10-6-31)59(43,44)57-27-23-53-19-15-49-13-17-51-21-25-55-37-29-35(39(41)47-3)36(40(42)48-4)30-38(37)56-26-22-52-18-14-50-16-20-54-24-28-58-60(45,46)34-11-7-32(2)8-12-34/h5-12,29-30H,13-28H2,1-4H3. The van der Waals surface area contributed by atoms with Gasteiger partial charge in [0.2, 0.25) is 0 Å². The number of aryl methyl sites for hydroxylation is 2. The van der Waals surface area contributed by atoms with E-state index in [0.29, 0.717) is 0 Å². The summed E-state index contributed by atoms with van der Waals surface area (Å²) >= 11 is 0. The fourth-order valence-electron chi connectivity index (χ4n) is 4.80. The molecular weight excluding hydrogens is 833 g/mol. The summed E-state index contributed by atoms with van der Waals surface area (Å²) < 4.78 is 113. The van der Waals surface area contributed by atoms with E-state index in [2.05, 4.69) is 0 Å². The Hall–Kier alpha value is -4.22. The summed E-state index contributed by atoms with van der Waals surface area (Å²) in [4.78, 5) is 25.1. The number of rotatable bonds is 32. The van der Waals surface area contributed by atoms with Crippen molar-refractivity contribution in [3.8, 4) is 11.5 Å². The first-order valence-electron chi connectivity index (χ1n) is 18.9. The van der Waals surface area contributed by atoms with Gasteiger partial charge in [-0.1, -0.05) is 35.4 Å². The Bertz CT molecular complexity index is 1800. The van der Waals surface area contributed by atoms with E-state index in [1.807, 2.05) is 13.8 Å². The van der Waals surface area contributed by atoms with Crippen molar-refractivity contribution in [1.29, 1.82) is 0 Å². The van der Waals surface area contributed by atoms with Gasteiger partial charge in [0, 0.05) is 0 Å². The predicted molar refractivity (Wildman–Crippen MR) is 214 cm³/mol. The molecule has 60 heavy (non-hydrogen) atoms. The Morgan fingerprint density at radius 1 is 0.417 bits per heavy atom. The Kier molecular flexibility index (Phi) is 23.1. The molecule has 0 saturated carbocycles. The first kappa shape index (κ1) is 50.1. The highest BCUT2D eigenvalue weighted by molar-refractivity contribution is 7.87. The number of esters is 2. The molecule has 0 aromatic heterocycles. The van der Waals surface area contributed by atoms with Crippen molar-refractivity contribution in [1.82, 2.24) is 0 Å². The lowest BCUT2D eigenvalue weighted by atomic mass is 10.1. The zero-order valence-electron chi connectivity index (χ0n) is 34.3. The summed E-state index contributed by atoms with van der Waals surface area (Å²) in [6, 6.07) is 15.4. The molecule has 0 radical (unpaired) electrons. The molecule has 0 aliphatic carbocycles. The second kappa shape index (κ2) is 27.6. The van der Waals surface area contributed by atoms with Gasteiger partial charge in [0.25, 0.3) is 20.2 Å². The van der Waals surface area contributed by atoms with Gasteiger partial charge in [0.1, 0.15) is 13.2 Å². The van der Waals surface area contributed by atoms with Crippen LogP contribution in [0.1, 0.15) is 31.8 Å². The Balaban J connectivity index is 1.29. The van der Waals surface area contributed by atoms with Gasteiger partial charge < -0.3 is 47.4 Å². The van der Waals surface area contributed by atoms with Gasteiger partial charge in [-0.15, -0.1) is 0 Å². The lowest BCUT2D eigenvalue weighted by Crippen LogP contribution is -2.17. The molecule has 0 fully saturated rings. The molecule has 0 aliphatic rings. The second-order valence-corrected chi connectivity index (χ2v) is 15.6. The molecule has 3 rings (SSSR count). The summed E-state index contributed by atoms with van der Waals surface area (Å²) in [5.41, 5.74) is 1.71. The summed E-state index contributed by atoms with van der Waals surface area (Å²) in [6.07, 6.45) is 0. The fourth-order valence-corrected chi connectivity index (χ4v) is 6.59. The first-order valence-corrected chi connectivity index (χ1v) is 21.7. The van der Waals surface area contributed by atoms with Crippen LogP contribution in [0.4, 0.5) is 0 Å². The maximum absolute atomic E-state index is 12.5. The van der Waals surface area contributed by atoms with Crippen molar-refractivity contribution < 1.29 is 82.2 Å². The van der Waals surface area contributed by atoms with Crippen LogP contribution in [0.5, 0.6) is 11.5 Å². The van der Waals surface area contributed by atoms with Gasteiger partial charge in [0.15, 0.2) is 11.5 Å².